The summed E-state index contributed by atoms with van der Waals surface area (Å²) in [7, 11) is 0. The highest BCUT2D eigenvalue weighted by molar-refractivity contribution is 7.03. The van der Waals surface area contributed by atoms with Crippen LogP contribution in [0.2, 0.25) is 0 Å². The highest BCUT2D eigenvalue weighted by Gasteiger charge is 1.95. The predicted octanol–water partition coefficient (Wildman–Crippen LogP) is 2.01. The summed E-state index contributed by atoms with van der Waals surface area (Å²) < 4.78 is 3.93. The quantitative estimate of drug-likeness (QED) is 0.471. The Balaban J connectivity index is 2.38. The van der Waals surface area contributed by atoms with Crippen molar-refractivity contribution in [1.29, 1.82) is 0 Å². The molecule has 0 aliphatic rings. The molecule has 0 saturated heterocycles. The second-order valence-electron chi connectivity index (χ2n) is 3.04. The zero-order valence-electron chi connectivity index (χ0n) is 8.43. The van der Waals surface area contributed by atoms with Crippen LogP contribution in [0.3, 0.4) is 0 Å². The Bertz CT molecular complexity index is 314. The van der Waals surface area contributed by atoms with Crippen LogP contribution in [0.4, 0.5) is 5.95 Å². The normalized spacial score (nSPS) is 12.7. The van der Waals surface area contributed by atoms with E-state index in [1.165, 1.54) is 17.9 Å². The average Bonchev–Trinajstić information content (AvgIpc) is 2.64. The first-order valence-corrected chi connectivity index (χ1v) is 5.12. The summed E-state index contributed by atoms with van der Waals surface area (Å²) in [6, 6.07) is 0. The average molecular weight is 211 g/mol. The summed E-state index contributed by atoms with van der Waals surface area (Å²) in [4.78, 5) is 8.04. The third kappa shape index (κ3) is 3.61. The van der Waals surface area contributed by atoms with Crippen LogP contribution >= 0.6 is 11.5 Å². The van der Waals surface area contributed by atoms with E-state index in [0.717, 1.165) is 5.71 Å². The van der Waals surface area contributed by atoms with Crippen molar-refractivity contribution in [2.75, 3.05) is 5.43 Å². The van der Waals surface area contributed by atoms with Gasteiger partial charge in [0.1, 0.15) is 11.8 Å². The third-order valence-electron chi connectivity index (χ3n) is 1.68. The van der Waals surface area contributed by atoms with Crippen LogP contribution in [-0.2, 0) is 0 Å². The fourth-order valence-electron chi connectivity index (χ4n) is 0.575. The second kappa shape index (κ2) is 5.43. The largest absolute Gasteiger partial charge is 0.255 e. The van der Waals surface area contributed by atoms with Crippen LogP contribution < -0.4 is 5.43 Å². The molecular formula is C8H13N5S. The molecular weight excluding hydrogens is 198 g/mol. The topological polar surface area (TPSA) is 62.5 Å². The molecule has 5 nitrogen and oxygen atoms in total. The molecule has 76 valence electrons. The van der Waals surface area contributed by atoms with Gasteiger partial charge in [0.15, 0.2) is 0 Å². The molecule has 0 spiro atoms. The van der Waals surface area contributed by atoms with Crippen LogP contribution in [0.15, 0.2) is 15.6 Å². The summed E-state index contributed by atoms with van der Waals surface area (Å²) in [5.41, 5.74) is 5.35. The maximum Gasteiger partial charge on any atom is 0.255 e. The summed E-state index contributed by atoms with van der Waals surface area (Å²) in [6.07, 6.45) is 1.47. The number of hydrogen-bond donors (Lipinski definition) is 1. The molecule has 1 heterocycles. The zero-order chi connectivity index (χ0) is 10.4. The van der Waals surface area contributed by atoms with Gasteiger partial charge in [0.25, 0.3) is 5.95 Å². The molecule has 0 amide bonds. The minimum Gasteiger partial charge on any atom is -0.244 e. The molecule has 0 unspecified atom stereocenters. The van der Waals surface area contributed by atoms with Crippen LogP contribution in [0, 0.1) is 5.92 Å². The lowest BCUT2D eigenvalue weighted by atomic mass is 10.1. The minimum atomic E-state index is 0.443. The summed E-state index contributed by atoms with van der Waals surface area (Å²) >= 11 is 1.28. The fourth-order valence-corrected chi connectivity index (χ4v) is 0.957. The molecule has 0 saturated carbocycles. The van der Waals surface area contributed by atoms with Gasteiger partial charge >= 0.3 is 0 Å². The lowest BCUT2D eigenvalue weighted by molar-refractivity contribution is 0.881. The molecule has 1 N–H and O–H groups in total. The van der Waals surface area contributed by atoms with E-state index < -0.39 is 0 Å². The van der Waals surface area contributed by atoms with E-state index in [-0.39, 0.29) is 0 Å². The molecule has 6 heteroatoms. The van der Waals surface area contributed by atoms with Crippen molar-refractivity contribution in [2.45, 2.75) is 20.8 Å². The second-order valence-corrected chi connectivity index (χ2v) is 3.64. The van der Waals surface area contributed by atoms with E-state index in [2.05, 4.69) is 38.7 Å². The number of aromatic nitrogens is 2. The first kappa shape index (κ1) is 10.8. The standard InChI is InChI=1S/C8H13N5S/c1-6(2)7(3)9-4-11-12-8-10-5-14-13-8/h4-6H,1-3H3,(H,12,13)/b9-7?,11-4-. The highest BCUT2D eigenvalue weighted by Crippen LogP contribution is 1.99. The van der Waals surface area contributed by atoms with Gasteiger partial charge in [-0.15, -0.1) is 0 Å². The number of hydrazone groups is 1. The van der Waals surface area contributed by atoms with Crippen molar-refractivity contribution in [1.82, 2.24) is 9.36 Å². The van der Waals surface area contributed by atoms with Gasteiger partial charge in [-0.3, -0.25) is 0 Å². The molecule has 0 aromatic carbocycles. The molecule has 1 aromatic heterocycles. The van der Waals surface area contributed by atoms with Crippen molar-refractivity contribution >= 4 is 29.5 Å². The number of aliphatic imine (C=N–C) groups is 1. The Morgan fingerprint density at radius 2 is 2.43 bits per heavy atom. The van der Waals surface area contributed by atoms with Gasteiger partial charge in [-0.2, -0.15) is 9.47 Å². The third-order valence-corrected chi connectivity index (χ3v) is 2.16. The first-order valence-electron chi connectivity index (χ1n) is 4.28. The van der Waals surface area contributed by atoms with Gasteiger partial charge < -0.3 is 0 Å². The molecule has 0 atom stereocenters. The molecule has 0 aliphatic heterocycles. The van der Waals surface area contributed by atoms with Crippen molar-refractivity contribution in [3.05, 3.63) is 5.51 Å². The lowest BCUT2D eigenvalue weighted by Gasteiger charge is -1.99. The Labute approximate surface area is 87.2 Å². The Morgan fingerprint density at radius 1 is 1.64 bits per heavy atom. The van der Waals surface area contributed by atoms with Gasteiger partial charge in [-0.1, -0.05) is 13.8 Å². The van der Waals surface area contributed by atoms with E-state index in [1.54, 1.807) is 5.51 Å². The molecule has 14 heavy (non-hydrogen) atoms. The van der Waals surface area contributed by atoms with Crippen molar-refractivity contribution in [2.24, 2.45) is 16.0 Å². The number of anilines is 1. The van der Waals surface area contributed by atoms with Crippen molar-refractivity contribution < 1.29 is 0 Å². The van der Waals surface area contributed by atoms with Gasteiger partial charge in [0, 0.05) is 5.71 Å². The van der Waals surface area contributed by atoms with Crippen molar-refractivity contribution in [3.8, 4) is 0 Å². The van der Waals surface area contributed by atoms with Crippen LogP contribution in [0.1, 0.15) is 20.8 Å². The molecule has 1 rings (SSSR count). The molecule has 0 bridgehead atoms. The Morgan fingerprint density at radius 3 is 3.00 bits per heavy atom. The van der Waals surface area contributed by atoms with Gasteiger partial charge in [-0.05, 0) is 24.4 Å². The lowest BCUT2D eigenvalue weighted by Crippen LogP contribution is -2.01. The molecule has 0 fully saturated rings. The number of nitrogens with zero attached hydrogens (tertiary/aromatic N) is 4. The first-order chi connectivity index (χ1) is 6.70. The highest BCUT2D eigenvalue weighted by atomic mass is 32.1. The molecule has 1 aromatic rings. The van der Waals surface area contributed by atoms with E-state index in [9.17, 15) is 0 Å². The Hall–Kier alpha value is -1.30. The monoisotopic (exact) mass is 211 g/mol. The van der Waals surface area contributed by atoms with Crippen LogP contribution in [-0.4, -0.2) is 21.4 Å². The van der Waals surface area contributed by atoms with Gasteiger partial charge in [0.2, 0.25) is 0 Å². The summed E-state index contributed by atoms with van der Waals surface area (Å²) in [5, 5.41) is 3.86. The fraction of sp³-hybridized carbons (Fsp3) is 0.500. The maximum absolute atomic E-state index is 4.13. The van der Waals surface area contributed by atoms with E-state index >= 15 is 0 Å². The number of nitrogens with one attached hydrogen (secondary N) is 1. The van der Waals surface area contributed by atoms with E-state index in [0.29, 0.717) is 11.9 Å². The zero-order valence-corrected chi connectivity index (χ0v) is 9.25. The maximum atomic E-state index is 4.13. The summed E-state index contributed by atoms with van der Waals surface area (Å²) in [5.74, 6) is 0.947. The van der Waals surface area contributed by atoms with Gasteiger partial charge in [0.05, 0.1) is 0 Å². The number of rotatable bonds is 4. The number of hydrogen-bond acceptors (Lipinski definition) is 5. The van der Waals surface area contributed by atoms with E-state index in [1.807, 2.05) is 6.92 Å². The minimum absolute atomic E-state index is 0.443. The smallest absolute Gasteiger partial charge is 0.244 e. The molecule has 0 radical (unpaired) electrons. The Kier molecular flexibility index (Phi) is 4.18. The SMILES string of the molecule is CC(=N/C=N\Nc1ncsn1)C(C)C. The predicted molar refractivity (Wildman–Crippen MR) is 60.0 cm³/mol. The summed E-state index contributed by atoms with van der Waals surface area (Å²) in [6.45, 7) is 6.14. The van der Waals surface area contributed by atoms with Crippen LogP contribution in [0.5, 0.6) is 0 Å². The van der Waals surface area contributed by atoms with Crippen molar-refractivity contribution in [3.63, 3.8) is 0 Å². The molecule has 0 aliphatic carbocycles. The van der Waals surface area contributed by atoms with Crippen LogP contribution in [0.25, 0.3) is 0 Å². The van der Waals surface area contributed by atoms with E-state index in [4.69, 9.17) is 0 Å². The van der Waals surface area contributed by atoms with Gasteiger partial charge in [-0.25, -0.2) is 15.4 Å².